The number of unbranched alkanes of at least 4 members (excludes halogenated alkanes) is 1. The van der Waals surface area contributed by atoms with Gasteiger partial charge in [-0.05, 0) is 64.7 Å². The first-order valence-electron chi connectivity index (χ1n) is 9.33. The second-order valence-corrected chi connectivity index (χ2v) is 8.19. The summed E-state index contributed by atoms with van der Waals surface area (Å²) in [5, 5.41) is 3.35. The van der Waals surface area contributed by atoms with Gasteiger partial charge in [0.05, 0.1) is 21.3 Å². The maximum absolute atomic E-state index is 12.2. The van der Waals surface area contributed by atoms with Crippen LogP contribution < -0.4 is 14.8 Å². The Bertz CT molecular complexity index is 958. The molecule has 0 saturated heterocycles. The largest absolute Gasteiger partial charge is 0.494 e. The van der Waals surface area contributed by atoms with Crippen LogP contribution in [0.2, 0.25) is 0 Å². The third kappa shape index (κ3) is 5.45. The van der Waals surface area contributed by atoms with Crippen LogP contribution in [-0.2, 0) is 11.2 Å². The second kappa shape index (κ2) is 9.89. The van der Waals surface area contributed by atoms with Crippen molar-refractivity contribution in [1.82, 2.24) is 4.98 Å². The van der Waals surface area contributed by atoms with Gasteiger partial charge in [-0.3, -0.25) is 10.1 Å². The third-order valence-corrected chi connectivity index (χ3v) is 5.69. The summed E-state index contributed by atoms with van der Waals surface area (Å²) in [4.78, 5) is 16.7. The van der Waals surface area contributed by atoms with Crippen molar-refractivity contribution in [2.45, 2.75) is 33.1 Å². The Kier molecular flexibility index (Phi) is 7.28. The molecule has 1 amide bonds. The monoisotopic (exact) mass is 462 g/mol. The molecule has 0 aliphatic carbocycles. The van der Waals surface area contributed by atoms with E-state index in [1.165, 1.54) is 16.9 Å². The van der Waals surface area contributed by atoms with Crippen LogP contribution in [0, 0.1) is 0 Å². The van der Waals surface area contributed by atoms with Crippen LogP contribution in [0.3, 0.4) is 0 Å². The highest BCUT2D eigenvalue weighted by molar-refractivity contribution is 9.10. The number of aromatic nitrogens is 1. The average molecular weight is 463 g/mol. The zero-order chi connectivity index (χ0) is 19.9. The summed E-state index contributed by atoms with van der Waals surface area (Å²) in [5.41, 5.74) is 2.04. The molecule has 0 atom stereocenters. The molecule has 0 bridgehead atoms. The maximum Gasteiger partial charge on any atom is 0.264 e. The Morgan fingerprint density at radius 2 is 2.04 bits per heavy atom. The van der Waals surface area contributed by atoms with Crippen molar-refractivity contribution in [1.29, 1.82) is 0 Å². The van der Waals surface area contributed by atoms with E-state index in [9.17, 15) is 4.79 Å². The zero-order valence-corrected chi connectivity index (χ0v) is 18.4. The van der Waals surface area contributed by atoms with Crippen molar-refractivity contribution in [2.75, 3.05) is 18.5 Å². The molecule has 148 valence electrons. The molecule has 0 saturated carbocycles. The minimum atomic E-state index is -0.245. The van der Waals surface area contributed by atoms with Crippen LogP contribution in [0.25, 0.3) is 10.2 Å². The molecule has 28 heavy (non-hydrogen) atoms. The molecule has 1 N–H and O–H groups in total. The quantitative estimate of drug-likeness (QED) is 0.407. The minimum absolute atomic E-state index is 0.0780. The number of nitrogens with one attached hydrogen (secondary N) is 1. The third-order valence-electron chi connectivity index (χ3n) is 4.14. The maximum atomic E-state index is 12.2. The Labute approximate surface area is 177 Å². The van der Waals surface area contributed by atoms with Gasteiger partial charge < -0.3 is 9.47 Å². The van der Waals surface area contributed by atoms with Crippen molar-refractivity contribution in [3.63, 3.8) is 0 Å². The van der Waals surface area contributed by atoms with Gasteiger partial charge in [0, 0.05) is 0 Å². The van der Waals surface area contributed by atoms with Gasteiger partial charge in [0.1, 0.15) is 11.5 Å². The van der Waals surface area contributed by atoms with Gasteiger partial charge in [-0.2, -0.15) is 0 Å². The molecular weight excluding hydrogens is 440 g/mol. The first-order valence-corrected chi connectivity index (χ1v) is 10.9. The number of hydrogen-bond donors (Lipinski definition) is 1. The number of thiazole rings is 1. The van der Waals surface area contributed by atoms with Crippen molar-refractivity contribution >= 4 is 48.5 Å². The lowest BCUT2D eigenvalue weighted by Gasteiger charge is -2.08. The molecule has 0 radical (unpaired) electrons. The lowest BCUT2D eigenvalue weighted by molar-refractivity contribution is -0.118. The van der Waals surface area contributed by atoms with Crippen molar-refractivity contribution in [3.05, 3.63) is 46.4 Å². The molecule has 1 aromatic heterocycles. The number of fused-ring (bicyclic) bond motifs is 1. The van der Waals surface area contributed by atoms with E-state index in [-0.39, 0.29) is 12.5 Å². The van der Waals surface area contributed by atoms with E-state index in [0.29, 0.717) is 17.5 Å². The van der Waals surface area contributed by atoms with Gasteiger partial charge >= 0.3 is 0 Å². The molecular formula is C21H23BrN2O3S. The number of benzene rings is 2. The Morgan fingerprint density at radius 1 is 1.18 bits per heavy atom. The first-order chi connectivity index (χ1) is 13.6. The first kappa shape index (κ1) is 20.6. The van der Waals surface area contributed by atoms with Gasteiger partial charge in [0.15, 0.2) is 11.7 Å². The van der Waals surface area contributed by atoms with Gasteiger partial charge in [0.2, 0.25) is 0 Å². The average Bonchev–Trinajstić information content (AvgIpc) is 3.08. The van der Waals surface area contributed by atoms with Crippen LogP contribution in [0.4, 0.5) is 5.13 Å². The summed E-state index contributed by atoms with van der Waals surface area (Å²) in [6, 6.07) is 11.6. The smallest absolute Gasteiger partial charge is 0.264 e. The number of carbonyl (C=O) groups excluding carboxylic acids is 1. The molecule has 0 fully saturated rings. The van der Waals surface area contributed by atoms with Crippen LogP contribution in [0.5, 0.6) is 11.5 Å². The number of carbonyl (C=O) groups is 1. The Balaban J connectivity index is 1.58. The molecule has 0 spiro atoms. The number of anilines is 1. The zero-order valence-electron chi connectivity index (χ0n) is 16.0. The Morgan fingerprint density at radius 3 is 2.79 bits per heavy atom. The molecule has 7 heteroatoms. The highest BCUT2D eigenvalue weighted by Gasteiger charge is 2.11. The molecule has 1 heterocycles. The molecule has 3 rings (SSSR count). The molecule has 0 aliphatic heterocycles. The highest BCUT2D eigenvalue weighted by atomic mass is 79.9. The van der Waals surface area contributed by atoms with Crippen molar-refractivity contribution < 1.29 is 14.3 Å². The number of nitrogens with zero attached hydrogens (tertiary/aromatic N) is 1. The predicted molar refractivity (Wildman–Crippen MR) is 118 cm³/mol. The molecule has 2 aromatic carbocycles. The van der Waals surface area contributed by atoms with E-state index >= 15 is 0 Å². The summed E-state index contributed by atoms with van der Waals surface area (Å²) in [6.07, 6.45) is 3.07. The summed E-state index contributed by atoms with van der Waals surface area (Å²) < 4.78 is 13.2. The summed E-state index contributed by atoms with van der Waals surface area (Å²) >= 11 is 4.90. The van der Waals surface area contributed by atoms with E-state index in [4.69, 9.17) is 9.47 Å². The van der Waals surface area contributed by atoms with Gasteiger partial charge in [0.25, 0.3) is 5.91 Å². The van der Waals surface area contributed by atoms with Gasteiger partial charge in [-0.15, -0.1) is 0 Å². The van der Waals surface area contributed by atoms with Crippen LogP contribution in [0.15, 0.2) is 40.9 Å². The van der Waals surface area contributed by atoms with Crippen molar-refractivity contribution in [2.24, 2.45) is 0 Å². The van der Waals surface area contributed by atoms with Crippen LogP contribution in [0.1, 0.15) is 32.3 Å². The molecule has 0 unspecified atom stereocenters. The second-order valence-electron chi connectivity index (χ2n) is 6.31. The fraction of sp³-hybridized carbons (Fsp3) is 0.333. The topological polar surface area (TPSA) is 60.5 Å². The lowest BCUT2D eigenvalue weighted by Crippen LogP contribution is -2.20. The van der Waals surface area contributed by atoms with Crippen LogP contribution in [-0.4, -0.2) is 24.1 Å². The standard InChI is InChI=1S/C21H23BrN2O3S/c1-3-5-10-26-15-7-8-17-19(12-15)28-21(23-17)24-20(25)13-27-18-9-6-14(4-2)11-16(18)22/h6-9,11-12H,3-5,10,13H2,1-2H3,(H,23,24,25). The lowest BCUT2D eigenvalue weighted by atomic mass is 10.2. The number of amides is 1. The summed E-state index contributed by atoms with van der Waals surface area (Å²) in [6.45, 7) is 4.85. The number of hydrogen-bond acceptors (Lipinski definition) is 5. The fourth-order valence-corrected chi connectivity index (χ4v) is 4.01. The SMILES string of the molecule is CCCCOc1ccc2nc(NC(=O)COc3ccc(CC)cc3Br)sc2c1. The minimum Gasteiger partial charge on any atom is -0.494 e. The van der Waals surface area contributed by atoms with E-state index in [0.717, 1.165) is 39.7 Å². The highest BCUT2D eigenvalue weighted by Crippen LogP contribution is 2.30. The summed E-state index contributed by atoms with van der Waals surface area (Å²) in [5.74, 6) is 1.22. The van der Waals surface area contributed by atoms with Crippen molar-refractivity contribution in [3.8, 4) is 11.5 Å². The molecule has 5 nitrogen and oxygen atoms in total. The van der Waals surface area contributed by atoms with E-state index in [2.05, 4.69) is 40.1 Å². The number of rotatable bonds is 9. The number of ether oxygens (including phenoxy) is 2. The summed E-state index contributed by atoms with van der Waals surface area (Å²) in [7, 11) is 0. The molecule has 3 aromatic rings. The van der Waals surface area contributed by atoms with Gasteiger partial charge in [-0.25, -0.2) is 4.98 Å². The molecule has 0 aliphatic rings. The fourth-order valence-electron chi connectivity index (χ4n) is 2.56. The normalized spacial score (nSPS) is 10.8. The number of aryl methyl sites for hydroxylation is 1. The van der Waals surface area contributed by atoms with E-state index in [1.807, 2.05) is 36.4 Å². The van der Waals surface area contributed by atoms with Gasteiger partial charge in [-0.1, -0.05) is 37.7 Å². The number of halogens is 1. The Hall–Kier alpha value is -2.12. The van der Waals surface area contributed by atoms with E-state index in [1.54, 1.807) is 0 Å². The van der Waals surface area contributed by atoms with E-state index < -0.39 is 0 Å². The van der Waals surface area contributed by atoms with Crippen LogP contribution >= 0.6 is 27.3 Å². The predicted octanol–water partition coefficient (Wildman–Crippen LogP) is 5.82.